The van der Waals surface area contributed by atoms with Crippen molar-refractivity contribution in [2.24, 2.45) is 0 Å². The fraction of sp³-hybridized carbons (Fsp3) is 0.611. The van der Waals surface area contributed by atoms with Crippen LogP contribution in [0.25, 0.3) is 0 Å². The number of benzene rings is 1. The topological polar surface area (TPSA) is 46.5 Å². The van der Waals surface area contributed by atoms with E-state index in [0.29, 0.717) is 11.7 Å². The normalized spacial score (nSPS) is 16.7. The Morgan fingerprint density at radius 2 is 1.95 bits per heavy atom. The van der Waals surface area contributed by atoms with Gasteiger partial charge in [-0.2, -0.15) is 0 Å². The molecule has 1 aromatic rings. The lowest BCUT2D eigenvalue weighted by Crippen LogP contribution is -2.21. The molecule has 0 bridgehead atoms. The molecule has 1 aliphatic rings. The zero-order valence-corrected chi connectivity index (χ0v) is 13.3. The van der Waals surface area contributed by atoms with E-state index in [-0.39, 0.29) is 5.41 Å². The molecule has 0 radical (unpaired) electrons. The molecule has 1 N–H and O–H groups in total. The molecule has 116 valence electrons. The largest absolute Gasteiger partial charge is 0.511 e. The molecule has 0 atom stereocenters. The smallest absolute Gasteiger partial charge is 0.449 e. The molecular weight excluding hydrogens is 264 g/mol. The van der Waals surface area contributed by atoms with Crippen LogP contribution in [-0.2, 0) is 5.41 Å². The third-order valence-electron chi connectivity index (χ3n) is 4.89. The molecule has 1 aliphatic carbocycles. The van der Waals surface area contributed by atoms with Gasteiger partial charge in [0, 0.05) is 5.56 Å². The summed E-state index contributed by atoms with van der Waals surface area (Å²) >= 11 is 0. The van der Waals surface area contributed by atoms with Crippen molar-refractivity contribution in [2.45, 2.75) is 70.6 Å². The van der Waals surface area contributed by atoms with Crippen molar-refractivity contribution >= 4 is 6.16 Å². The van der Waals surface area contributed by atoms with E-state index in [9.17, 15) is 4.79 Å². The lowest BCUT2D eigenvalue weighted by Gasteiger charge is -2.32. The first kappa shape index (κ1) is 15.9. The van der Waals surface area contributed by atoms with Crippen molar-refractivity contribution in [3.05, 3.63) is 29.3 Å². The molecule has 1 fully saturated rings. The number of carbonyl (C=O) groups is 1. The van der Waals surface area contributed by atoms with Crippen molar-refractivity contribution in [3.63, 3.8) is 0 Å². The summed E-state index contributed by atoms with van der Waals surface area (Å²) in [6.45, 7) is 6.62. The first-order valence-electron chi connectivity index (χ1n) is 8.00. The van der Waals surface area contributed by atoms with Gasteiger partial charge in [-0.25, -0.2) is 4.79 Å². The standard InChI is InChI=1S/C18H26O3/c1-4-18(2,3)14-11-8-12-15(21-17(19)20)16(14)13-9-6-5-7-10-13/h8,11-13H,4-7,9-10H2,1-3H3,(H,19,20). The molecule has 0 heterocycles. The van der Waals surface area contributed by atoms with Gasteiger partial charge in [0.2, 0.25) is 0 Å². The molecule has 0 aromatic heterocycles. The van der Waals surface area contributed by atoms with Crippen LogP contribution in [0.2, 0.25) is 0 Å². The number of hydrogen-bond donors (Lipinski definition) is 1. The fourth-order valence-corrected chi connectivity index (χ4v) is 3.32. The monoisotopic (exact) mass is 290 g/mol. The van der Waals surface area contributed by atoms with Gasteiger partial charge in [0.25, 0.3) is 0 Å². The van der Waals surface area contributed by atoms with E-state index in [0.717, 1.165) is 24.8 Å². The molecule has 2 rings (SSSR count). The van der Waals surface area contributed by atoms with Gasteiger partial charge in [0.05, 0.1) is 0 Å². The fourth-order valence-electron chi connectivity index (χ4n) is 3.32. The summed E-state index contributed by atoms with van der Waals surface area (Å²) in [6.07, 6.45) is 5.78. The Labute approximate surface area is 127 Å². The van der Waals surface area contributed by atoms with Crippen LogP contribution in [0.3, 0.4) is 0 Å². The van der Waals surface area contributed by atoms with Gasteiger partial charge in [0.1, 0.15) is 5.75 Å². The average molecular weight is 290 g/mol. The van der Waals surface area contributed by atoms with Crippen molar-refractivity contribution in [2.75, 3.05) is 0 Å². The predicted octanol–water partition coefficient (Wildman–Crippen LogP) is 5.48. The third-order valence-corrected chi connectivity index (χ3v) is 4.89. The van der Waals surface area contributed by atoms with Crippen molar-refractivity contribution in [1.29, 1.82) is 0 Å². The molecule has 0 aliphatic heterocycles. The quantitative estimate of drug-likeness (QED) is 0.590. The minimum absolute atomic E-state index is 0.0324. The van der Waals surface area contributed by atoms with Crippen molar-refractivity contribution in [1.82, 2.24) is 0 Å². The minimum Gasteiger partial charge on any atom is -0.449 e. The molecule has 1 saturated carbocycles. The van der Waals surface area contributed by atoms with E-state index in [4.69, 9.17) is 9.84 Å². The van der Waals surface area contributed by atoms with Crippen LogP contribution in [0.4, 0.5) is 4.79 Å². The lowest BCUT2D eigenvalue weighted by molar-refractivity contribution is 0.143. The Hall–Kier alpha value is -1.51. The van der Waals surface area contributed by atoms with Crippen LogP contribution in [0.15, 0.2) is 18.2 Å². The summed E-state index contributed by atoms with van der Waals surface area (Å²) in [5, 5.41) is 9.02. The van der Waals surface area contributed by atoms with E-state index >= 15 is 0 Å². The van der Waals surface area contributed by atoms with Gasteiger partial charge >= 0.3 is 6.16 Å². The highest BCUT2D eigenvalue weighted by Gasteiger charge is 2.29. The summed E-state index contributed by atoms with van der Waals surface area (Å²) in [5.74, 6) is 0.962. The Morgan fingerprint density at radius 3 is 2.52 bits per heavy atom. The molecule has 1 aromatic carbocycles. The first-order valence-corrected chi connectivity index (χ1v) is 8.00. The SMILES string of the molecule is CCC(C)(C)c1cccc(OC(=O)O)c1C1CCCCC1. The summed E-state index contributed by atoms with van der Waals surface area (Å²) in [7, 11) is 0. The van der Waals surface area contributed by atoms with Crippen LogP contribution >= 0.6 is 0 Å². The third kappa shape index (κ3) is 3.58. The van der Waals surface area contributed by atoms with Crippen molar-refractivity contribution < 1.29 is 14.6 Å². The zero-order chi connectivity index (χ0) is 15.5. The summed E-state index contributed by atoms with van der Waals surface area (Å²) in [5.41, 5.74) is 2.41. The predicted molar refractivity (Wildman–Crippen MR) is 84.2 cm³/mol. The van der Waals surface area contributed by atoms with E-state index < -0.39 is 6.16 Å². The highest BCUT2D eigenvalue weighted by Crippen LogP contribution is 2.44. The highest BCUT2D eigenvalue weighted by atomic mass is 16.7. The van der Waals surface area contributed by atoms with Crippen LogP contribution in [0.5, 0.6) is 5.75 Å². The minimum atomic E-state index is -1.22. The van der Waals surface area contributed by atoms with Gasteiger partial charge in [0.15, 0.2) is 0 Å². The molecule has 21 heavy (non-hydrogen) atoms. The maximum Gasteiger partial charge on any atom is 0.511 e. The number of hydrogen-bond acceptors (Lipinski definition) is 2. The van der Waals surface area contributed by atoms with Gasteiger partial charge in [-0.05, 0) is 42.2 Å². The van der Waals surface area contributed by atoms with Gasteiger partial charge in [-0.1, -0.05) is 52.2 Å². The number of carboxylic acid groups (broad SMARTS) is 1. The Morgan fingerprint density at radius 1 is 1.29 bits per heavy atom. The van der Waals surface area contributed by atoms with E-state index in [1.807, 2.05) is 6.07 Å². The van der Waals surface area contributed by atoms with Gasteiger partial charge < -0.3 is 9.84 Å². The van der Waals surface area contributed by atoms with Crippen LogP contribution < -0.4 is 4.74 Å². The Kier molecular flexibility index (Phi) is 4.92. The molecule has 0 unspecified atom stereocenters. The summed E-state index contributed by atoms with van der Waals surface area (Å²) < 4.78 is 5.10. The molecule has 3 heteroatoms. The first-order chi connectivity index (χ1) is 9.95. The molecule has 3 nitrogen and oxygen atoms in total. The van der Waals surface area contributed by atoms with Crippen LogP contribution in [-0.4, -0.2) is 11.3 Å². The molecule has 0 saturated heterocycles. The van der Waals surface area contributed by atoms with Gasteiger partial charge in [-0.15, -0.1) is 0 Å². The lowest BCUT2D eigenvalue weighted by atomic mass is 9.73. The second-order valence-corrected chi connectivity index (χ2v) is 6.66. The summed E-state index contributed by atoms with van der Waals surface area (Å²) in [4.78, 5) is 11.0. The number of ether oxygens (including phenoxy) is 1. The summed E-state index contributed by atoms with van der Waals surface area (Å²) in [6, 6.07) is 5.85. The van der Waals surface area contributed by atoms with Crippen LogP contribution in [0, 0.1) is 0 Å². The second kappa shape index (κ2) is 6.50. The van der Waals surface area contributed by atoms with E-state index in [1.54, 1.807) is 6.07 Å². The molecule has 0 spiro atoms. The van der Waals surface area contributed by atoms with Crippen molar-refractivity contribution in [3.8, 4) is 5.75 Å². The van der Waals surface area contributed by atoms with Crippen LogP contribution in [0.1, 0.15) is 76.3 Å². The van der Waals surface area contributed by atoms with Gasteiger partial charge in [-0.3, -0.25) is 0 Å². The zero-order valence-electron chi connectivity index (χ0n) is 13.3. The Balaban J connectivity index is 2.51. The maximum atomic E-state index is 11.0. The number of rotatable bonds is 4. The molecular formula is C18H26O3. The second-order valence-electron chi connectivity index (χ2n) is 6.66. The average Bonchev–Trinajstić information content (AvgIpc) is 2.47. The van der Waals surface area contributed by atoms with E-state index in [2.05, 4.69) is 26.8 Å². The Bertz CT molecular complexity index is 499. The maximum absolute atomic E-state index is 11.0. The highest BCUT2D eigenvalue weighted by molar-refractivity contribution is 5.63. The van der Waals surface area contributed by atoms with E-state index in [1.165, 1.54) is 24.8 Å². The molecule has 0 amide bonds.